The quantitative estimate of drug-likeness (QED) is 0.679. The number of aromatic nitrogens is 2. The van der Waals surface area contributed by atoms with Gasteiger partial charge in [-0.1, -0.05) is 18.2 Å². The van der Waals surface area contributed by atoms with Gasteiger partial charge in [0.25, 0.3) is 5.91 Å². The van der Waals surface area contributed by atoms with Gasteiger partial charge in [-0.2, -0.15) is 18.3 Å². The minimum Gasteiger partial charge on any atom is -0.492 e. The molecule has 0 unspecified atom stereocenters. The van der Waals surface area contributed by atoms with E-state index in [-0.39, 0.29) is 23.7 Å². The summed E-state index contributed by atoms with van der Waals surface area (Å²) in [5, 5.41) is 6.74. The normalized spacial score (nSPS) is 11.3. The van der Waals surface area contributed by atoms with E-state index in [2.05, 4.69) is 10.4 Å². The monoisotopic (exact) mass is 389 g/mol. The van der Waals surface area contributed by atoms with E-state index in [0.29, 0.717) is 5.69 Å². The van der Waals surface area contributed by atoms with E-state index < -0.39 is 17.6 Å². The highest BCUT2D eigenvalue weighted by atomic mass is 19.4. The van der Waals surface area contributed by atoms with Gasteiger partial charge in [0.2, 0.25) is 0 Å². The number of ether oxygens (including phenoxy) is 1. The van der Waals surface area contributed by atoms with Crippen LogP contribution in [0.1, 0.15) is 28.7 Å². The van der Waals surface area contributed by atoms with Crippen LogP contribution in [0.4, 0.5) is 18.9 Å². The van der Waals surface area contributed by atoms with Crippen LogP contribution >= 0.6 is 0 Å². The molecular formula is C20H18F3N3O2. The van der Waals surface area contributed by atoms with E-state index in [0.717, 1.165) is 17.8 Å². The number of para-hydroxylation sites is 1. The Morgan fingerprint density at radius 3 is 2.50 bits per heavy atom. The predicted octanol–water partition coefficient (Wildman–Crippen LogP) is 4.85. The number of halogens is 3. The van der Waals surface area contributed by atoms with Crippen molar-refractivity contribution in [1.82, 2.24) is 9.78 Å². The highest BCUT2D eigenvalue weighted by molar-refractivity contribution is 6.03. The number of hydrogen-bond acceptors (Lipinski definition) is 3. The van der Waals surface area contributed by atoms with E-state index in [1.54, 1.807) is 24.6 Å². The number of carbonyl (C=O) groups excluding carboxylic acids is 1. The van der Waals surface area contributed by atoms with Gasteiger partial charge in [-0.15, -0.1) is 0 Å². The minimum atomic E-state index is -4.53. The van der Waals surface area contributed by atoms with Gasteiger partial charge in [0.05, 0.1) is 23.5 Å². The molecule has 3 aromatic rings. The van der Waals surface area contributed by atoms with Crippen molar-refractivity contribution >= 4 is 11.6 Å². The summed E-state index contributed by atoms with van der Waals surface area (Å²) in [7, 11) is 0. The zero-order valence-electron chi connectivity index (χ0n) is 15.2. The second kappa shape index (κ2) is 7.75. The number of carbonyl (C=O) groups is 1. The van der Waals surface area contributed by atoms with Crippen molar-refractivity contribution in [2.24, 2.45) is 0 Å². The first-order valence-corrected chi connectivity index (χ1v) is 8.57. The lowest BCUT2D eigenvalue weighted by molar-refractivity contribution is -0.137. The maximum atomic E-state index is 13.0. The fourth-order valence-corrected chi connectivity index (χ4v) is 2.69. The Morgan fingerprint density at radius 1 is 1.14 bits per heavy atom. The first-order chi connectivity index (χ1) is 13.3. The summed E-state index contributed by atoms with van der Waals surface area (Å²) in [6.07, 6.45) is -4.53. The van der Waals surface area contributed by atoms with Crippen LogP contribution in [0.15, 0.2) is 54.6 Å². The first kappa shape index (κ1) is 19.5. The maximum absolute atomic E-state index is 13.0. The van der Waals surface area contributed by atoms with Crippen molar-refractivity contribution in [2.75, 3.05) is 11.9 Å². The molecule has 28 heavy (non-hydrogen) atoms. The van der Waals surface area contributed by atoms with Crippen molar-refractivity contribution < 1.29 is 22.7 Å². The molecule has 1 amide bonds. The van der Waals surface area contributed by atoms with Crippen LogP contribution in [-0.4, -0.2) is 22.3 Å². The van der Waals surface area contributed by atoms with Crippen LogP contribution in [0, 0.1) is 6.92 Å². The van der Waals surface area contributed by atoms with Gasteiger partial charge in [0.1, 0.15) is 5.75 Å². The molecule has 146 valence electrons. The molecule has 1 aromatic heterocycles. The maximum Gasteiger partial charge on any atom is 0.416 e. The fraction of sp³-hybridized carbons (Fsp3) is 0.200. The highest BCUT2D eigenvalue weighted by Crippen LogP contribution is 2.35. The van der Waals surface area contributed by atoms with Gasteiger partial charge in [-0.3, -0.25) is 4.79 Å². The summed E-state index contributed by atoms with van der Waals surface area (Å²) in [6, 6.07) is 13.7. The Bertz CT molecular complexity index is 982. The van der Waals surface area contributed by atoms with Crippen LogP contribution in [0.2, 0.25) is 0 Å². The molecule has 0 saturated heterocycles. The lowest BCUT2D eigenvalue weighted by Gasteiger charge is -2.14. The molecule has 1 heterocycles. The highest BCUT2D eigenvalue weighted by Gasteiger charge is 2.31. The summed E-state index contributed by atoms with van der Waals surface area (Å²) in [5.41, 5.74) is 0.630. The van der Waals surface area contributed by atoms with Crippen LogP contribution in [0.3, 0.4) is 0 Å². The number of alkyl halides is 3. The van der Waals surface area contributed by atoms with Gasteiger partial charge in [0, 0.05) is 5.69 Å². The van der Waals surface area contributed by atoms with Gasteiger partial charge < -0.3 is 10.1 Å². The van der Waals surface area contributed by atoms with Crippen LogP contribution < -0.4 is 10.1 Å². The second-order valence-electron chi connectivity index (χ2n) is 6.01. The zero-order valence-corrected chi connectivity index (χ0v) is 15.2. The van der Waals surface area contributed by atoms with Crippen LogP contribution in [-0.2, 0) is 6.18 Å². The third kappa shape index (κ3) is 4.16. The lowest BCUT2D eigenvalue weighted by atomic mass is 10.1. The molecule has 2 aromatic carbocycles. The number of rotatable bonds is 5. The summed E-state index contributed by atoms with van der Waals surface area (Å²) in [4.78, 5) is 12.6. The molecule has 0 bridgehead atoms. The number of amides is 1. The van der Waals surface area contributed by atoms with Crippen molar-refractivity contribution in [3.05, 3.63) is 71.5 Å². The SMILES string of the molecule is CCOc1ccc(C(F)(F)F)cc1NC(=O)c1cc(C)n(-c2ccccc2)n1. The van der Waals surface area contributed by atoms with Gasteiger partial charge in [-0.25, -0.2) is 4.68 Å². The Labute approximate surface area is 159 Å². The summed E-state index contributed by atoms with van der Waals surface area (Å²) in [6.45, 7) is 3.73. The number of hydrogen-bond donors (Lipinski definition) is 1. The standard InChI is InChI=1S/C20H18F3N3O2/c1-3-28-18-10-9-14(20(21,22)23)12-16(18)24-19(27)17-11-13(2)26(25-17)15-7-5-4-6-8-15/h4-12H,3H2,1-2H3,(H,24,27). The van der Waals surface area contributed by atoms with E-state index in [9.17, 15) is 18.0 Å². The third-order valence-corrected chi connectivity index (χ3v) is 3.98. The Hall–Kier alpha value is -3.29. The minimum absolute atomic E-state index is 0.0615. The molecule has 0 aliphatic heterocycles. The van der Waals surface area contributed by atoms with E-state index in [4.69, 9.17) is 4.74 Å². The number of nitrogens with one attached hydrogen (secondary N) is 1. The largest absolute Gasteiger partial charge is 0.492 e. The molecule has 8 heteroatoms. The summed E-state index contributed by atoms with van der Waals surface area (Å²) in [5.74, 6) is -0.471. The molecule has 0 fully saturated rings. The number of benzene rings is 2. The molecule has 0 atom stereocenters. The van der Waals surface area contributed by atoms with Gasteiger partial charge >= 0.3 is 6.18 Å². The molecule has 0 saturated carbocycles. The van der Waals surface area contributed by atoms with Crippen molar-refractivity contribution in [2.45, 2.75) is 20.0 Å². The number of nitrogens with zero attached hydrogens (tertiary/aromatic N) is 2. The fourth-order valence-electron chi connectivity index (χ4n) is 2.69. The zero-order chi connectivity index (χ0) is 20.3. The molecule has 0 spiro atoms. The average Bonchev–Trinajstić information content (AvgIpc) is 3.05. The molecule has 3 rings (SSSR count). The van der Waals surface area contributed by atoms with E-state index in [1.807, 2.05) is 30.3 Å². The van der Waals surface area contributed by atoms with Crippen LogP contribution in [0.25, 0.3) is 5.69 Å². The molecule has 0 aliphatic rings. The van der Waals surface area contributed by atoms with Crippen LogP contribution in [0.5, 0.6) is 5.75 Å². The summed E-state index contributed by atoms with van der Waals surface area (Å²) >= 11 is 0. The first-order valence-electron chi connectivity index (χ1n) is 8.57. The van der Waals surface area contributed by atoms with E-state index in [1.165, 1.54) is 6.07 Å². The Kier molecular flexibility index (Phi) is 5.39. The van der Waals surface area contributed by atoms with Crippen molar-refractivity contribution in [1.29, 1.82) is 0 Å². The Morgan fingerprint density at radius 2 is 1.86 bits per heavy atom. The molecule has 0 radical (unpaired) electrons. The smallest absolute Gasteiger partial charge is 0.416 e. The summed E-state index contributed by atoms with van der Waals surface area (Å²) < 4.78 is 46.0. The van der Waals surface area contributed by atoms with Gasteiger partial charge in [-0.05, 0) is 50.2 Å². The second-order valence-corrected chi connectivity index (χ2v) is 6.01. The molecule has 1 N–H and O–H groups in total. The molecular weight excluding hydrogens is 371 g/mol. The van der Waals surface area contributed by atoms with E-state index >= 15 is 0 Å². The molecule has 5 nitrogen and oxygen atoms in total. The Balaban J connectivity index is 1.91. The van der Waals surface area contributed by atoms with Crippen molar-refractivity contribution in [3.63, 3.8) is 0 Å². The van der Waals surface area contributed by atoms with Crippen molar-refractivity contribution in [3.8, 4) is 11.4 Å². The number of anilines is 1. The number of aryl methyl sites for hydroxylation is 1. The van der Waals surface area contributed by atoms with Gasteiger partial charge in [0.15, 0.2) is 5.69 Å². The lowest BCUT2D eigenvalue weighted by Crippen LogP contribution is -2.15. The average molecular weight is 389 g/mol. The molecule has 0 aliphatic carbocycles. The topological polar surface area (TPSA) is 56.1 Å². The predicted molar refractivity (Wildman–Crippen MR) is 98.9 cm³/mol. The third-order valence-electron chi connectivity index (χ3n) is 3.98.